The molecule has 12 aromatic rings. The van der Waals surface area contributed by atoms with Gasteiger partial charge in [0.2, 0.25) is 0 Å². The molecule has 5 heterocycles. The molecule has 0 radical (unpaired) electrons. The molecule has 0 aliphatic carbocycles. The fraction of sp³-hybridized carbons (Fsp3) is 0.0169. The Labute approximate surface area is 368 Å². The van der Waals surface area contributed by atoms with Crippen LogP contribution in [0.4, 0.5) is 0 Å². The molecule has 14 rings (SSSR count). The largest absolute Gasteiger partial charge is 0.457 e. The van der Waals surface area contributed by atoms with Gasteiger partial charge in [-0.2, -0.15) is 0 Å². The summed E-state index contributed by atoms with van der Waals surface area (Å²) in [5.74, 6) is 2.42. The van der Waals surface area contributed by atoms with Crippen LogP contribution in [0.3, 0.4) is 0 Å². The lowest BCUT2D eigenvalue weighted by Gasteiger charge is -2.45. The summed E-state index contributed by atoms with van der Waals surface area (Å²) >= 11 is 0. The van der Waals surface area contributed by atoms with Crippen molar-refractivity contribution in [1.82, 2.24) is 19.1 Å². The SMILES string of the molecule is c1ccc(-c2cc(-c3ccccc3)nc(-c3ccc(-n4c5ccccc5c5cc6c(cc54)C4(c5ccccc5O6)c5ccccc5-n5c6ccccc6c6cccc4c65)cc3)n2)cc1. The van der Waals surface area contributed by atoms with Crippen molar-refractivity contribution < 1.29 is 4.74 Å². The minimum Gasteiger partial charge on any atom is -0.457 e. The Morgan fingerprint density at radius 2 is 0.938 bits per heavy atom. The van der Waals surface area contributed by atoms with Gasteiger partial charge in [0.05, 0.1) is 44.6 Å². The predicted octanol–water partition coefficient (Wildman–Crippen LogP) is 14.5. The average Bonchev–Trinajstić information content (AvgIpc) is 3.88. The van der Waals surface area contributed by atoms with Gasteiger partial charge < -0.3 is 13.9 Å². The summed E-state index contributed by atoms with van der Waals surface area (Å²) in [7, 11) is 0. The highest BCUT2D eigenvalue weighted by atomic mass is 16.5. The van der Waals surface area contributed by atoms with Crippen molar-refractivity contribution >= 4 is 43.6 Å². The van der Waals surface area contributed by atoms with E-state index in [9.17, 15) is 0 Å². The van der Waals surface area contributed by atoms with Crippen molar-refractivity contribution in [3.05, 3.63) is 241 Å². The highest BCUT2D eigenvalue weighted by Crippen LogP contribution is 2.61. The minimum absolute atomic E-state index is 0.679. The number of rotatable bonds is 4. The second-order valence-electron chi connectivity index (χ2n) is 16.9. The van der Waals surface area contributed by atoms with E-state index < -0.39 is 5.41 Å². The summed E-state index contributed by atoms with van der Waals surface area (Å²) in [6, 6.07) is 78.2. The van der Waals surface area contributed by atoms with E-state index in [0.29, 0.717) is 5.82 Å². The smallest absolute Gasteiger partial charge is 0.160 e. The quantitative estimate of drug-likeness (QED) is 0.178. The molecule has 0 bridgehead atoms. The van der Waals surface area contributed by atoms with Gasteiger partial charge in [-0.25, -0.2) is 9.97 Å². The number of nitrogens with zero attached hydrogens (tertiary/aromatic N) is 4. The molecule has 5 nitrogen and oxygen atoms in total. The van der Waals surface area contributed by atoms with Gasteiger partial charge in [-0.15, -0.1) is 0 Å². The van der Waals surface area contributed by atoms with E-state index in [1.807, 2.05) is 12.1 Å². The van der Waals surface area contributed by atoms with Gasteiger partial charge in [-0.3, -0.25) is 0 Å². The third-order valence-corrected chi connectivity index (χ3v) is 13.6. The Bertz CT molecular complexity index is 3810. The third kappa shape index (κ3) is 4.78. The molecule has 1 unspecified atom stereocenters. The monoisotopic (exact) mass is 816 g/mol. The van der Waals surface area contributed by atoms with Crippen LogP contribution in [0.5, 0.6) is 11.5 Å². The van der Waals surface area contributed by atoms with E-state index in [1.165, 1.54) is 44.0 Å². The first kappa shape index (κ1) is 35.1. The van der Waals surface area contributed by atoms with Crippen LogP contribution in [0, 0.1) is 0 Å². The lowest BCUT2D eigenvalue weighted by molar-refractivity contribution is 0.435. The van der Waals surface area contributed by atoms with E-state index >= 15 is 0 Å². The van der Waals surface area contributed by atoms with Crippen molar-refractivity contribution in [3.8, 4) is 56.8 Å². The zero-order chi connectivity index (χ0) is 41.9. The molecule has 0 saturated carbocycles. The molecular formula is C59H36N4O. The van der Waals surface area contributed by atoms with Crippen LogP contribution >= 0.6 is 0 Å². The molecular weight excluding hydrogens is 781 g/mol. The van der Waals surface area contributed by atoms with Crippen LogP contribution in [0.1, 0.15) is 22.3 Å². The molecule has 0 amide bonds. The molecule has 9 aromatic carbocycles. The molecule has 2 aliphatic rings. The lowest BCUT2D eigenvalue weighted by atomic mass is 9.61. The van der Waals surface area contributed by atoms with Crippen molar-refractivity contribution in [2.45, 2.75) is 5.41 Å². The van der Waals surface area contributed by atoms with Gasteiger partial charge in [-0.05, 0) is 77.9 Å². The van der Waals surface area contributed by atoms with Crippen molar-refractivity contribution in [3.63, 3.8) is 0 Å². The first-order chi connectivity index (χ1) is 31.7. The minimum atomic E-state index is -0.679. The summed E-state index contributed by atoms with van der Waals surface area (Å²) in [4.78, 5) is 10.3. The Morgan fingerprint density at radius 1 is 0.359 bits per heavy atom. The second kappa shape index (κ2) is 13.2. The van der Waals surface area contributed by atoms with Crippen molar-refractivity contribution in [2.75, 3.05) is 0 Å². The number of fused-ring (bicyclic) bond motifs is 14. The lowest BCUT2D eigenvalue weighted by Crippen LogP contribution is -2.37. The molecule has 2 aliphatic heterocycles. The normalized spacial score (nSPS) is 14.8. The van der Waals surface area contributed by atoms with Crippen LogP contribution in [0.2, 0.25) is 0 Å². The highest BCUT2D eigenvalue weighted by Gasteiger charge is 2.50. The molecule has 0 fully saturated rings. The van der Waals surface area contributed by atoms with Gasteiger partial charge >= 0.3 is 0 Å². The maximum atomic E-state index is 7.05. The Hall–Kier alpha value is -8.54. The van der Waals surface area contributed by atoms with Gasteiger partial charge in [0.1, 0.15) is 11.5 Å². The van der Waals surface area contributed by atoms with E-state index in [4.69, 9.17) is 14.7 Å². The molecule has 3 aromatic heterocycles. The molecule has 298 valence electrons. The summed E-state index contributed by atoms with van der Waals surface area (Å²) in [6.07, 6.45) is 0. The number of hydrogen-bond acceptors (Lipinski definition) is 3. The van der Waals surface area contributed by atoms with Crippen molar-refractivity contribution in [2.24, 2.45) is 0 Å². The summed E-state index contributed by atoms with van der Waals surface area (Å²) in [6.45, 7) is 0. The maximum absolute atomic E-state index is 7.05. The van der Waals surface area contributed by atoms with Gasteiger partial charge in [0, 0.05) is 55.0 Å². The maximum Gasteiger partial charge on any atom is 0.160 e. The average molecular weight is 817 g/mol. The van der Waals surface area contributed by atoms with Gasteiger partial charge in [0.15, 0.2) is 5.82 Å². The Morgan fingerprint density at radius 3 is 1.67 bits per heavy atom. The number of ether oxygens (including phenoxy) is 1. The first-order valence-electron chi connectivity index (χ1n) is 21.8. The van der Waals surface area contributed by atoms with E-state index in [0.717, 1.165) is 72.8 Å². The number of hydrogen-bond donors (Lipinski definition) is 0. The number of benzene rings is 9. The van der Waals surface area contributed by atoms with E-state index in [-0.39, 0.29) is 0 Å². The number of aromatic nitrogens is 4. The van der Waals surface area contributed by atoms with E-state index in [2.05, 4.69) is 215 Å². The van der Waals surface area contributed by atoms with Gasteiger partial charge in [-0.1, -0.05) is 152 Å². The molecule has 5 heteroatoms. The summed E-state index contributed by atoms with van der Waals surface area (Å²) in [5.41, 5.74) is 15.8. The van der Waals surface area contributed by atoms with Crippen LogP contribution in [0.25, 0.3) is 88.9 Å². The molecule has 64 heavy (non-hydrogen) atoms. The zero-order valence-corrected chi connectivity index (χ0v) is 34.5. The standard InChI is InChI=1S/C59H36N4O/c1-3-16-37(17-4-1)49-36-50(38-18-5-2-6-19-38)61-58(60-49)39-30-32-40(33-31-39)62-51-26-11-8-21-42(51)44-34-56-48(35-54(44)62)59(46-24-10-14-29-55(46)64-56)45-23-9-13-28-53(45)63-52-27-12-7-20-41(52)43-22-15-25-47(59)57(43)63/h1-36H. The molecule has 1 atom stereocenters. The van der Waals surface area contributed by atoms with Crippen LogP contribution in [-0.2, 0) is 5.41 Å². The molecule has 0 N–H and O–H groups in total. The van der Waals surface area contributed by atoms with Gasteiger partial charge in [0.25, 0.3) is 0 Å². The van der Waals surface area contributed by atoms with Crippen LogP contribution < -0.4 is 4.74 Å². The topological polar surface area (TPSA) is 44.9 Å². The third-order valence-electron chi connectivity index (χ3n) is 13.6. The Balaban J connectivity index is 1.01. The second-order valence-corrected chi connectivity index (χ2v) is 16.9. The highest BCUT2D eigenvalue weighted by molar-refractivity contribution is 6.13. The van der Waals surface area contributed by atoms with Crippen LogP contribution in [0.15, 0.2) is 218 Å². The van der Waals surface area contributed by atoms with Crippen molar-refractivity contribution in [1.29, 1.82) is 0 Å². The number of para-hydroxylation sites is 5. The summed E-state index contributed by atoms with van der Waals surface area (Å²) in [5, 5.41) is 4.80. The fourth-order valence-corrected chi connectivity index (χ4v) is 10.9. The fourth-order valence-electron chi connectivity index (χ4n) is 10.9. The summed E-state index contributed by atoms with van der Waals surface area (Å²) < 4.78 is 11.9. The molecule has 1 spiro atoms. The Kier molecular flexibility index (Phi) is 7.26. The first-order valence-corrected chi connectivity index (χ1v) is 21.8. The van der Waals surface area contributed by atoms with E-state index in [1.54, 1.807) is 0 Å². The predicted molar refractivity (Wildman–Crippen MR) is 259 cm³/mol. The zero-order valence-electron chi connectivity index (χ0n) is 34.5. The van der Waals surface area contributed by atoms with Crippen LogP contribution in [-0.4, -0.2) is 19.1 Å². The molecule has 0 saturated heterocycles.